The van der Waals surface area contributed by atoms with E-state index in [1.54, 1.807) is 20.4 Å². The number of anilines is 1. The molecule has 0 saturated heterocycles. The number of methoxy groups -OCH3 is 2. The second kappa shape index (κ2) is 9.82. The molecule has 0 radical (unpaired) electrons. The van der Waals surface area contributed by atoms with Crippen molar-refractivity contribution >= 4 is 11.6 Å². The third-order valence-corrected chi connectivity index (χ3v) is 4.37. The molecule has 1 heterocycles. The van der Waals surface area contributed by atoms with Crippen LogP contribution in [0.3, 0.4) is 0 Å². The van der Waals surface area contributed by atoms with Gasteiger partial charge in [-0.1, -0.05) is 0 Å². The van der Waals surface area contributed by atoms with Gasteiger partial charge in [0.05, 0.1) is 27.4 Å². The SMILES string of the molecule is CCNC(=NCc1ccnc(OCC2CC2)c1)Nc1ccc(OC)c(OC)c1. The average molecular weight is 384 g/mol. The molecular weight excluding hydrogens is 356 g/mol. The first kappa shape index (κ1) is 19.8. The maximum atomic E-state index is 5.75. The van der Waals surface area contributed by atoms with Crippen LogP contribution in [0.1, 0.15) is 25.3 Å². The van der Waals surface area contributed by atoms with Gasteiger partial charge in [0, 0.05) is 30.6 Å². The quantitative estimate of drug-likeness (QED) is 0.509. The largest absolute Gasteiger partial charge is 0.493 e. The van der Waals surface area contributed by atoms with Crippen LogP contribution in [0.2, 0.25) is 0 Å². The lowest BCUT2D eigenvalue weighted by Gasteiger charge is -2.14. The van der Waals surface area contributed by atoms with Crippen molar-refractivity contribution in [3.63, 3.8) is 0 Å². The van der Waals surface area contributed by atoms with Gasteiger partial charge >= 0.3 is 0 Å². The molecule has 1 saturated carbocycles. The van der Waals surface area contributed by atoms with Gasteiger partial charge in [-0.25, -0.2) is 9.98 Å². The summed E-state index contributed by atoms with van der Waals surface area (Å²) in [6.45, 7) is 4.06. The molecule has 2 aromatic rings. The van der Waals surface area contributed by atoms with Crippen molar-refractivity contribution in [1.82, 2.24) is 10.3 Å². The van der Waals surface area contributed by atoms with E-state index in [-0.39, 0.29) is 0 Å². The Morgan fingerprint density at radius 2 is 1.96 bits per heavy atom. The molecule has 1 fully saturated rings. The van der Waals surface area contributed by atoms with E-state index in [0.29, 0.717) is 35.8 Å². The number of benzene rings is 1. The van der Waals surface area contributed by atoms with E-state index in [9.17, 15) is 0 Å². The highest BCUT2D eigenvalue weighted by molar-refractivity contribution is 5.93. The molecule has 3 rings (SSSR count). The lowest BCUT2D eigenvalue weighted by molar-refractivity contribution is 0.288. The Labute approximate surface area is 166 Å². The Bertz CT molecular complexity index is 806. The summed E-state index contributed by atoms with van der Waals surface area (Å²) in [7, 11) is 3.24. The summed E-state index contributed by atoms with van der Waals surface area (Å²) in [6.07, 6.45) is 4.29. The molecule has 7 nitrogen and oxygen atoms in total. The second-order valence-electron chi connectivity index (χ2n) is 6.65. The fraction of sp³-hybridized carbons (Fsp3) is 0.429. The molecule has 28 heavy (non-hydrogen) atoms. The minimum absolute atomic E-state index is 0.519. The fourth-order valence-corrected chi connectivity index (χ4v) is 2.64. The fourth-order valence-electron chi connectivity index (χ4n) is 2.64. The van der Waals surface area contributed by atoms with Gasteiger partial charge in [-0.2, -0.15) is 0 Å². The summed E-state index contributed by atoms with van der Waals surface area (Å²) in [6, 6.07) is 9.56. The van der Waals surface area contributed by atoms with Crippen LogP contribution in [0.4, 0.5) is 5.69 Å². The molecule has 0 unspecified atom stereocenters. The lowest BCUT2D eigenvalue weighted by atomic mass is 10.2. The van der Waals surface area contributed by atoms with Crippen molar-refractivity contribution in [2.45, 2.75) is 26.3 Å². The molecule has 0 bridgehead atoms. The second-order valence-corrected chi connectivity index (χ2v) is 6.65. The molecule has 0 atom stereocenters. The molecule has 1 aliphatic carbocycles. The van der Waals surface area contributed by atoms with E-state index in [2.05, 4.69) is 20.6 Å². The van der Waals surface area contributed by atoms with Gasteiger partial charge in [-0.05, 0) is 49.4 Å². The predicted octanol–water partition coefficient (Wildman–Crippen LogP) is 3.47. The number of nitrogens with zero attached hydrogens (tertiary/aromatic N) is 2. The monoisotopic (exact) mass is 384 g/mol. The Morgan fingerprint density at radius 1 is 1.14 bits per heavy atom. The van der Waals surface area contributed by atoms with Crippen molar-refractivity contribution < 1.29 is 14.2 Å². The van der Waals surface area contributed by atoms with Crippen LogP contribution in [0.25, 0.3) is 0 Å². The van der Waals surface area contributed by atoms with Gasteiger partial charge in [0.25, 0.3) is 0 Å². The van der Waals surface area contributed by atoms with Crippen LogP contribution < -0.4 is 24.8 Å². The first-order valence-corrected chi connectivity index (χ1v) is 9.57. The molecule has 150 valence electrons. The smallest absolute Gasteiger partial charge is 0.213 e. The summed E-state index contributed by atoms with van der Waals surface area (Å²) in [5.41, 5.74) is 1.91. The molecule has 1 aromatic heterocycles. The van der Waals surface area contributed by atoms with Gasteiger partial charge < -0.3 is 24.8 Å². The first-order chi connectivity index (χ1) is 13.7. The number of ether oxygens (including phenoxy) is 3. The van der Waals surface area contributed by atoms with Crippen LogP contribution >= 0.6 is 0 Å². The topological polar surface area (TPSA) is 77.0 Å². The molecular formula is C21H28N4O3. The highest BCUT2D eigenvalue weighted by atomic mass is 16.5. The molecule has 2 N–H and O–H groups in total. The highest BCUT2D eigenvalue weighted by Crippen LogP contribution is 2.30. The van der Waals surface area contributed by atoms with E-state index in [1.807, 2.05) is 37.3 Å². The Kier molecular flexibility index (Phi) is 6.94. The molecule has 0 spiro atoms. The summed E-state index contributed by atoms with van der Waals surface area (Å²) >= 11 is 0. The minimum atomic E-state index is 0.519. The van der Waals surface area contributed by atoms with E-state index < -0.39 is 0 Å². The highest BCUT2D eigenvalue weighted by Gasteiger charge is 2.22. The van der Waals surface area contributed by atoms with Gasteiger partial charge in [0.1, 0.15) is 0 Å². The minimum Gasteiger partial charge on any atom is -0.493 e. The van der Waals surface area contributed by atoms with E-state index in [0.717, 1.165) is 24.4 Å². The summed E-state index contributed by atoms with van der Waals surface area (Å²) in [5, 5.41) is 6.55. The van der Waals surface area contributed by atoms with Crippen molar-refractivity contribution in [3.8, 4) is 17.4 Å². The number of hydrogen-bond donors (Lipinski definition) is 2. The zero-order chi connectivity index (χ0) is 19.8. The van der Waals surface area contributed by atoms with Crippen LogP contribution in [-0.4, -0.2) is 38.3 Å². The molecule has 1 aliphatic rings. The average Bonchev–Trinajstić information content (AvgIpc) is 3.55. The number of aromatic nitrogens is 1. The molecule has 0 amide bonds. The van der Waals surface area contributed by atoms with E-state index in [4.69, 9.17) is 14.2 Å². The zero-order valence-electron chi connectivity index (χ0n) is 16.7. The number of guanidine groups is 1. The van der Waals surface area contributed by atoms with Crippen LogP contribution in [0, 0.1) is 5.92 Å². The number of aliphatic imine (C=N–C) groups is 1. The number of pyridine rings is 1. The maximum Gasteiger partial charge on any atom is 0.213 e. The Balaban J connectivity index is 1.66. The van der Waals surface area contributed by atoms with Crippen molar-refractivity contribution in [3.05, 3.63) is 42.1 Å². The molecule has 0 aliphatic heterocycles. The van der Waals surface area contributed by atoms with Crippen LogP contribution in [0.5, 0.6) is 17.4 Å². The zero-order valence-corrected chi connectivity index (χ0v) is 16.7. The number of nitrogens with one attached hydrogen (secondary N) is 2. The van der Waals surface area contributed by atoms with E-state index >= 15 is 0 Å². The Morgan fingerprint density at radius 3 is 2.68 bits per heavy atom. The van der Waals surface area contributed by atoms with Crippen molar-refractivity contribution in [2.24, 2.45) is 10.9 Å². The van der Waals surface area contributed by atoms with Crippen LogP contribution in [0.15, 0.2) is 41.5 Å². The van der Waals surface area contributed by atoms with Crippen molar-refractivity contribution in [2.75, 3.05) is 32.7 Å². The summed E-state index contributed by atoms with van der Waals surface area (Å²) in [4.78, 5) is 8.94. The maximum absolute atomic E-state index is 5.75. The number of hydrogen-bond acceptors (Lipinski definition) is 5. The van der Waals surface area contributed by atoms with Gasteiger partial charge in [0.15, 0.2) is 17.5 Å². The third kappa shape index (κ3) is 5.77. The third-order valence-electron chi connectivity index (χ3n) is 4.37. The van der Waals surface area contributed by atoms with Gasteiger partial charge in [0.2, 0.25) is 5.88 Å². The number of rotatable bonds is 9. The lowest BCUT2D eigenvalue weighted by Crippen LogP contribution is -2.30. The van der Waals surface area contributed by atoms with Gasteiger partial charge in [-0.3, -0.25) is 0 Å². The predicted molar refractivity (Wildman–Crippen MR) is 110 cm³/mol. The first-order valence-electron chi connectivity index (χ1n) is 9.57. The summed E-state index contributed by atoms with van der Waals surface area (Å²) in [5.74, 6) is 3.40. The van der Waals surface area contributed by atoms with Crippen LogP contribution in [-0.2, 0) is 6.54 Å². The van der Waals surface area contributed by atoms with Gasteiger partial charge in [-0.15, -0.1) is 0 Å². The van der Waals surface area contributed by atoms with Crippen molar-refractivity contribution in [1.29, 1.82) is 0 Å². The normalized spacial score (nSPS) is 13.8. The molecule has 1 aromatic carbocycles. The van der Waals surface area contributed by atoms with E-state index in [1.165, 1.54) is 12.8 Å². The standard InChI is InChI=1S/C21H28N4O3/c1-4-22-21(25-17-7-8-18(26-2)19(12-17)27-3)24-13-16-9-10-23-20(11-16)28-14-15-5-6-15/h7-12,15H,4-6,13-14H2,1-3H3,(H2,22,24,25). The Hall–Kier alpha value is -2.96. The molecule has 7 heteroatoms. The summed E-state index contributed by atoms with van der Waals surface area (Å²) < 4.78 is 16.4.